The molecule has 0 fully saturated rings. The largest absolute Gasteiger partial charge is 0.469 e. The number of nitrogens with zero attached hydrogens (tertiary/aromatic N) is 2. The molecule has 2 N–H and O–H groups in total. The molecular formula is C6H11N3O4. The van der Waals surface area contributed by atoms with Crippen LogP contribution in [0.25, 0.3) is 0 Å². The Morgan fingerprint density at radius 2 is 2.15 bits per heavy atom. The van der Waals surface area contributed by atoms with E-state index in [2.05, 4.69) is 10.0 Å². The molecule has 7 nitrogen and oxygen atoms in total. The number of ether oxygens (including phenoxy) is 1. The van der Waals surface area contributed by atoms with Gasteiger partial charge in [0.1, 0.15) is 0 Å². The molecule has 0 atom stereocenters. The van der Waals surface area contributed by atoms with E-state index in [0.29, 0.717) is 11.4 Å². The lowest BCUT2D eigenvalue weighted by molar-refractivity contribution is -0.140. The quantitative estimate of drug-likeness (QED) is 0.373. The third kappa shape index (κ3) is 4.72. The van der Waals surface area contributed by atoms with Crippen molar-refractivity contribution in [2.24, 2.45) is 11.0 Å². The minimum Gasteiger partial charge on any atom is -0.469 e. The van der Waals surface area contributed by atoms with E-state index in [0.717, 1.165) is 0 Å². The van der Waals surface area contributed by atoms with Gasteiger partial charge in [-0.2, -0.15) is 5.01 Å². The van der Waals surface area contributed by atoms with E-state index >= 15 is 0 Å². The number of methoxy groups -OCH3 is 1. The molecule has 0 saturated carbocycles. The second kappa shape index (κ2) is 5.92. The Hall–Kier alpha value is -1.66. The predicted molar refractivity (Wildman–Crippen MR) is 43.3 cm³/mol. The number of amides is 2. The average Bonchev–Trinajstić information content (AvgIpc) is 2.11. The molecule has 0 aromatic rings. The monoisotopic (exact) mass is 189 g/mol. The van der Waals surface area contributed by atoms with Gasteiger partial charge >= 0.3 is 12.0 Å². The van der Waals surface area contributed by atoms with Crippen LogP contribution in [0.3, 0.4) is 0 Å². The first kappa shape index (κ1) is 11.3. The van der Waals surface area contributed by atoms with Gasteiger partial charge in [0.2, 0.25) is 0 Å². The van der Waals surface area contributed by atoms with Crippen LogP contribution in [0.5, 0.6) is 0 Å². The van der Waals surface area contributed by atoms with Gasteiger partial charge in [-0.3, -0.25) is 4.79 Å². The molecule has 0 heterocycles. The van der Waals surface area contributed by atoms with Crippen LogP contribution in [-0.4, -0.2) is 30.7 Å². The molecule has 0 aliphatic heterocycles. The Kier molecular flexibility index (Phi) is 5.17. The summed E-state index contributed by atoms with van der Waals surface area (Å²) in [6.07, 6.45) is 0.414. The van der Waals surface area contributed by atoms with Gasteiger partial charge in [-0.15, -0.1) is 4.91 Å². The van der Waals surface area contributed by atoms with E-state index in [-0.39, 0.29) is 13.0 Å². The van der Waals surface area contributed by atoms with Gasteiger partial charge in [0.15, 0.2) is 0 Å². The van der Waals surface area contributed by atoms with E-state index in [4.69, 9.17) is 5.73 Å². The topological polar surface area (TPSA) is 102 Å². The van der Waals surface area contributed by atoms with Crippen molar-refractivity contribution in [1.29, 1.82) is 0 Å². The van der Waals surface area contributed by atoms with Gasteiger partial charge in [0, 0.05) is 6.42 Å². The fourth-order valence-electron chi connectivity index (χ4n) is 0.666. The molecule has 74 valence electrons. The molecule has 0 bridgehead atoms. The van der Waals surface area contributed by atoms with Crippen molar-refractivity contribution in [3.05, 3.63) is 4.91 Å². The van der Waals surface area contributed by atoms with Crippen LogP contribution in [0.4, 0.5) is 4.79 Å². The highest BCUT2D eigenvalue weighted by atomic mass is 16.5. The summed E-state index contributed by atoms with van der Waals surface area (Å²) in [5.41, 5.74) is 4.77. The second-order valence-corrected chi connectivity index (χ2v) is 2.22. The maximum atomic E-state index is 10.6. The van der Waals surface area contributed by atoms with Gasteiger partial charge in [-0.1, -0.05) is 0 Å². The smallest absolute Gasteiger partial charge is 0.337 e. The van der Waals surface area contributed by atoms with E-state index in [1.165, 1.54) is 7.11 Å². The number of primary amides is 1. The van der Waals surface area contributed by atoms with Crippen LogP contribution in [0, 0.1) is 4.91 Å². The molecule has 2 amide bonds. The first-order valence-electron chi connectivity index (χ1n) is 3.59. The van der Waals surface area contributed by atoms with Gasteiger partial charge in [0.25, 0.3) is 0 Å². The number of rotatable bonds is 5. The van der Waals surface area contributed by atoms with Gasteiger partial charge in [-0.25, -0.2) is 4.79 Å². The summed E-state index contributed by atoms with van der Waals surface area (Å²) in [5, 5.41) is 2.91. The lowest BCUT2D eigenvalue weighted by Crippen LogP contribution is -2.31. The molecule has 0 aromatic heterocycles. The standard InChI is InChI=1S/C6H11N3O4/c1-13-5(10)3-2-4-9(8-12)6(7)11/h2-4H2,1H3,(H2,7,11). The van der Waals surface area contributed by atoms with Crippen molar-refractivity contribution < 1.29 is 14.3 Å². The number of urea groups is 1. The summed E-state index contributed by atoms with van der Waals surface area (Å²) >= 11 is 0. The highest BCUT2D eigenvalue weighted by Crippen LogP contribution is 1.96. The predicted octanol–water partition coefficient (Wildman–Crippen LogP) is 0.00170. The number of esters is 1. The van der Waals surface area contributed by atoms with Crippen molar-refractivity contribution in [3.63, 3.8) is 0 Å². The van der Waals surface area contributed by atoms with Crippen molar-refractivity contribution in [3.8, 4) is 0 Å². The number of nitroso groups, excluding NO2 is 1. The van der Waals surface area contributed by atoms with Gasteiger partial charge in [-0.05, 0) is 6.42 Å². The third-order valence-corrected chi connectivity index (χ3v) is 1.33. The summed E-state index contributed by atoms with van der Waals surface area (Å²) in [4.78, 5) is 31.0. The molecule has 0 unspecified atom stereocenters. The van der Waals surface area contributed by atoms with Crippen molar-refractivity contribution in [2.45, 2.75) is 12.8 Å². The summed E-state index contributed by atoms with van der Waals surface area (Å²) in [5.74, 6) is -0.407. The minimum atomic E-state index is -0.931. The third-order valence-electron chi connectivity index (χ3n) is 1.33. The number of hydrogen-bond acceptors (Lipinski definition) is 5. The number of nitrogens with two attached hydrogens (primary N) is 1. The molecule has 0 radical (unpaired) electrons. The molecule has 0 spiro atoms. The summed E-state index contributed by atoms with van der Waals surface area (Å²) in [6.45, 7) is 0.0218. The van der Waals surface area contributed by atoms with Crippen LogP contribution >= 0.6 is 0 Å². The van der Waals surface area contributed by atoms with Crippen molar-refractivity contribution >= 4 is 12.0 Å². The fourth-order valence-corrected chi connectivity index (χ4v) is 0.666. The van der Waals surface area contributed by atoms with E-state index < -0.39 is 12.0 Å². The van der Waals surface area contributed by atoms with Crippen molar-refractivity contribution in [1.82, 2.24) is 5.01 Å². The molecule has 0 saturated heterocycles. The zero-order chi connectivity index (χ0) is 10.3. The maximum Gasteiger partial charge on any atom is 0.337 e. The SMILES string of the molecule is COC(=O)CCCN(N=O)C(N)=O. The lowest BCUT2D eigenvalue weighted by Gasteiger charge is -2.08. The number of carbonyl (C=O) groups excluding carboxylic acids is 2. The minimum absolute atomic E-state index is 0.0218. The van der Waals surface area contributed by atoms with Crippen LogP contribution in [0.1, 0.15) is 12.8 Å². The van der Waals surface area contributed by atoms with E-state index in [1.54, 1.807) is 0 Å². The first-order chi connectivity index (χ1) is 6.11. The maximum absolute atomic E-state index is 10.6. The van der Waals surface area contributed by atoms with Crippen LogP contribution in [0.15, 0.2) is 5.29 Å². The molecule has 13 heavy (non-hydrogen) atoms. The highest BCUT2D eigenvalue weighted by Gasteiger charge is 2.09. The van der Waals surface area contributed by atoms with Crippen LogP contribution < -0.4 is 5.73 Å². The first-order valence-corrected chi connectivity index (χ1v) is 3.59. The molecule has 0 aliphatic rings. The fraction of sp³-hybridized carbons (Fsp3) is 0.667. The second-order valence-electron chi connectivity index (χ2n) is 2.22. The molecule has 0 aromatic carbocycles. The molecule has 0 aliphatic carbocycles. The Morgan fingerprint density at radius 3 is 2.54 bits per heavy atom. The molecule has 0 rings (SSSR count). The summed E-state index contributed by atoms with van der Waals surface area (Å²) < 4.78 is 4.34. The zero-order valence-corrected chi connectivity index (χ0v) is 7.23. The van der Waals surface area contributed by atoms with Crippen molar-refractivity contribution in [2.75, 3.05) is 13.7 Å². The lowest BCUT2D eigenvalue weighted by atomic mass is 10.3. The molecule has 7 heteroatoms. The van der Waals surface area contributed by atoms with Gasteiger partial charge < -0.3 is 10.5 Å². The Bertz CT molecular complexity index is 206. The average molecular weight is 189 g/mol. The van der Waals surface area contributed by atoms with E-state index in [1.807, 2.05) is 0 Å². The Labute approximate surface area is 74.8 Å². The Balaban J connectivity index is 3.67. The Morgan fingerprint density at radius 1 is 1.54 bits per heavy atom. The highest BCUT2D eigenvalue weighted by molar-refractivity contribution is 5.72. The number of hydrogen-bond donors (Lipinski definition) is 1. The normalized spacial score (nSPS) is 9.00. The van der Waals surface area contributed by atoms with Gasteiger partial charge in [0.05, 0.1) is 18.9 Å². The number of carbonyl (C=O) groups is 2. The van der Waals surface area contributed by atoms with Crippen LogP contribution in [0.2, 0.25) is 0 Å². The molecular weight excluding hydrogens is 178 g/mol. The summed E-state index contributed by atoms with van der Waals surface area (Å²) in [7, 11) is 1.26. The zero-order valence-electron chi connectivity index (χ0n) is 7.23. The van der Waals surface area contributed by atoms with E-state index in [9.17, 15) is 14.5 Å². The summed E-state index contributed by atoms with van der Waals surface area (Å²) in [6, 6.07) is -0.931. The van der Waals surface area contributed by atoms with Crippen LogP contribution in [-0.2, 0) is 9.53 Å².